The maximum absolute atomic E-state index is 8.43. The second-order valence-corrected chi connectivity index (χ2v) is 6.35. The van der Waals surface area contributed by atoms with Gasteiger partial charge in [0.05, 0.1) is 11.2 Å². The molecule has 2 N–H and O–H groups in total. The van der Waals surface area contributed by atoms with Crippen LogP contribution >= 0.6 is 11.6 Å². The number of halogens is 1. The summed E-state index contributed by atoms with van der Waals surface area (Å²) in [4.78, 5) is 16.7. The molecule has 0 radical (unpaired) electrons. The molecule has 1 saturated heterocycles. The summed E-state index contributed by atoms with van der Waals surface area (Å²) < 4.78 is 0. The Bertz CT molecular complexity index is 932. The van der Waals surface area contributed by atoms with Gasteiger partial charge in [0.15, 0.2) is 5.96 Å². The number of hydrogen-bond acceptors (Lipinski definition) is 5. The summed E-state index contributed by atoms with van der Waals surface area (Å²) in [5, 5.41) is 12.9. The molecule has 7 nitrogen and oxygen atoms in total. The van der Waals surface area contributed by atoms with Gasteiger partial charge in [-0.3, -0.25) is 10.4 Å². The molecule has 1 aromatic carbocycles. The van der Waals surface area contributed by atoms with Crippen molar-refractivity contribution in [2.24, 2.45) is 0 Å². The molecule has 26 heavy (non-hydrogen) atoms. The number of piperazine rings is 1. The van der Waals surface area contributed by atoms with E-state index in [1.807, 2.05) is 41.3 Å². The minimum atomic E-state index is 0.254. The number of pyridine rings is 1. The fraction of sp³-hybridized carbons (Fsp3) is 0.222. The van der Waals surface area contributed by atoms with Crippen LogP contribution in [0.25, 0.3) is 10.9 Å². The van der Waals surface area contributed by atoms with Crippen LogP contribution in [0.4, 0.5) is 11.5 Å². The van der Waals surface area contributed by atoms with Gasteiger partial charge in [0.2, 0.25) is 5.28 Å². The fourth-order valence-corrected chi connectivity index (χ4v) is 3.22. The monoisotopic (exact) mass is 367 g/mol. The molecule has 3 aromatic rings. The Morgan fingerprint density at radius 2 is 1.85 bits per heavy atom. The van der Waals surface area contributed by atoms with Crippen molar-refractivity contribution in [3.8, 4) is 0 Å². The molecule has 4 rings (SSSR count). The molecule has 0 amide bonds. The summed E-state index contributed by atoms with van der Waals surface area (Å²) in [6.45, 7) is 3.01. The summed E-state index contributed by atoms with van der Waals surface area (Å²) in [6, 6.07) is 11.7. The van der Waals surface area contributed by atoms with Gasteiger partial charge < -0.3 is 15.1 Å². The fourth-order valence-electron chi connectivity index (χ4n) is 3.08. The highest BCUT2D eigenvalue weighted by molar-refractivity contribution is 6.28. The Labute approximate surface area is 156 Å². The Kier molecular flexibility index (Phi) is 4.53. The molecule has 0 saturated carbocycles. The maximum atomic E-state index is 8.43. The molecule has 0 atom stereocenters. The van der Waals surface area contributed by atoms with E-state index >= 15 is 0 Å². The van der Waals surface area contributed by atoms with Gasteiger partial charge >= 0.3 is 0 Å². The lowest BCUT2D eigenvalue weighted by molar-refractivity contribution is 0.381. The first kappa shape index (κ1) is 16.5. The molecule has 0 unspecified atom stereocenters. The highest BCUT2D eigenvalue weighted by Crippen LogP contribution is 2.22. The SMILES string of the molecule is N=C(Nc1cccc2ncccc12)N1CCN(c2ccnc(Cl)n2)CC1. The van der Waals surface area contributed by atoms with Gasteiger partial charge in [-0.25, -0.2) is 9.97 Å². The van der Waals surface area contributed by atoms with Crippen LogP contribution in [0.2, 0.25) is 5.28 Å². The van der Waals surface area contributed by atoms with Crippen molar-refractivity contribution >= 4 is 40.0 Å². The molecular weight excluding hydrogens is 350 g/mol. The number of guanidine groups is 1. The number of nitrogens with one attached hydrogen (secondary N) is 2. The predicted molar refractivity (Wildman–Crippen MR) is 104 cm³/mol. The van der Waals surface area contributed by atoms with Crippen LogP contribution in [0, 0.1) is 5.41 Å². The van der Waals surface area contributed by atoms with Crippen molar-refractivity contribution in [3.63, 3.8) is 0 Å². The van der Waals surface area contributed by atoms with Crippen LogP contribution in [0.15, 0.2) is 48.8 Å². The second-order valence-electron chi connectivity index (χ2n) is 6.01. The van der Waals surface area contributed by atoms with E-state index in [0.29, 0.717) is 5.96 Å². The average molecular weight is 368 g/mol. The number of anilines is 2. The average Bonchev–Trinajstić information content (AvgIpc) is 2.68. The van der Waals surface area contributed by atoms with E-state index in [4.69, 9.17) is 17.0 Å². The number of fused-ring (bicyclic) bond motifs is 1. The first-order chi connectivity index (χ1) is 12.7. The summed E-state index contributed by atoms with van der Waals surface area (Å²) in [6.07, 6.45) is 3.44. The zero-order valence-electron chi connectivity index (χ0n) is 14.1. The third-order valence-corrected chi connectivity index (χ3v) is 4.61. The zero-order valence-corrected chi connectivity index (χ0v) is 14.8. The molecular formula is C18H18ClN7. The highest BCUT2D eigenvalue weighted by atomic mass is 35.5. The minimum Gasteiger partial charge on any atom is -0.353 e. The van der Waals surface area contributed by atoms with Crippen molar-refractivity contribution in [1.29, 1.82) is 5.41 Å². The minimum absolute atomic E-state index is 0.254. The van der Waals surface area contributed by atoms with Gasteiger partial charge in [0.1, 0.15) is 5.82 Å². The largest absolute Gasteiger partial charge is 0.353 e. The molecule has 132 valence electrons. The lowest BCUT2D eigenvalue weighted by Crippen LogP contribution is -2.50. The predicted octanol–water partition coefficient (Wildman–Crippen LogP) is 2.85. The van der Waals surface area contributed by atoms with E-state index in [9.17, 15) is 0 Å². The quantitative estimate of drug-likeness (QED) is 0.412. The topological polar surface area (TPSA) is 81.0 Å². The van der Waals surface area contributed by atoms with Gasteiger partial charge in [-0.05, 0) is 41.9 Å². The van der Waals surface area contributed by atoms with E-state index in [-0.39, 0.29) is 5.28 Å². The van der Waals surface area contributed by atoms with Crippen molar-refractivity contribution in [1.82, 2.24) is 19.9 Å². The summed E-state index contributed by atoms with van der Waals surface area (Å²) in [5.74, 6) is 1.21. The third kappa shape index (κ3) is 3.39. The smallest absolute Gasteiger partial charge is 0.224 e. The molecule has 0 aliphatic carbocycles. The van der Waals surface area contributed by atoms with Crippen LogP contribution in [-0.2, 0) is 0 Å². The summed E-state index contributed by atoms with van der Waals surface area (Å²) in [7, 11) is 0. The van der Waals surface area contributed by atoms with Gasteiger partial charge in [-0.1, -0.05) is 6.07 Å². The molecule has 3 heterocycles. The third-order valence-electron chi connectivity index (χ3n) is 4.43. The normalized spacial score (nSPS) is 14.5. The molecule has 8 heteroatoms. The Morgan fingerprint density at radius 1 is 1.00 bits per heavy atom. The van der Waals surface area contributed by atoms with Crippen LogP contribution < -0.4 is 10.2 Å². The van der Waals surface area contributed by atoms with E-state index in [2.05, 4.69) is 25.2 Å². The van der Waals surface area contributed by atoms with Gasteiger partial charge in [0.25, 0.3) is 0 Å². The van der Waals surface area contributed by atoms with Gasteiger partial charge in [-0.15, -0.1) is 0 Å². The number of aromatic nitrogens is 3. The summed E-state index contributed by atoms with van der Waals surface area (Å²) in [5.41, 5.74) is 1.81. The first-order valence-corrected chi connectivity index (χ1v) is 8.76. The number of benzene rings is 1. The van der Waals surface area contributed by atoms with E-state index in [1.54, 1.807) is 12.4 Å². The van der Waals surface area contributed by atoms with Crippen LogP contribution in [0.1, 0.15) is 0 Å². The molecule has 0 bridgehead atoms. The van der Waals surface area contributed by atoms with Crippen molar-refractivity contribution in [3.05, 3.63) is 54.1 Å². The lowest BCUT2D eigenvalue weighted by atomic mass is 10.2. The molecule has 0 spiro atoms. The Balaban J connectivity index is 1.42. The number of hydrogen-bond donors (Lipinski definition) is 2. The van der Waals surface area contributed by atoms with Gasteiger partial charge in [-0.2, -0.15) is 0 Å². The lowest BCUT2D eigenvalue weighted by Gasteiger charge is -2.36. The zero-order chi connectivity index (χ0) is 17.9. The number of nitrogens with zero attached hydrogens (tertiary/aromatic N) is 5. The van der Waals surface area contributed by atoms with E-state index in [0.717, 1.165) is 48.6 Å². The molecule has 1 fully saturated rings. The maximum Gasteiger partial charge on any atom is 0.224 e. The second kappa shape index (κ2) is 7.13. The van der Waals surface area contributed by atoms with Crippen LogP contribution in [0.3, 0.4) is 0 Å². The van der Waals surface area contributed by atoms with E-state index in [1.165, 1.54) is 0 Å². The van der Waals surface area contributed by atoms with Crippen LogP contribution in [-0.4, -0.2) is 52.0 Å². The van der Waals surface area contributed by atoms with Crippen molar-refractivity contribution < 1.29 is 0 Å². The Hall–Kier alpha value is -2.93. The van der Waals surface area contributed by atoms with Gasteiger partial charge in [0, 0.05) is 44.0 Å². The van der Waals surface area contributed by atoms with Crippen molar-refractivity contribution in [2.45, 2.75) is 0 Å². The molecule has 1 aliphatic rings. The van der Waals surface area contributed by atoms with Crippen molar-refractivity contribution in [2.75, 3.05) is 36.4 Å². The molecule has 2 aromatic heterocycles. The number of rotatable bonds is 2. The van der Waals surface area contributed by atoms with E-state index < -0.39 is 0 Å². The van der Waals surface area contributed by atoms with Crippen LogP contribution in [0.5, 0.6) is 0 Å². The highest BCUT2D eigenvalue weighted by Gasteiger charge is 2.20. The summed E-state index contributed by atoms with van der Waals surface area (Å²) >= 11 is 5.87. The standard InChI is InChI=1S/C18H18ClN7/c19-17-22-8-6-16(24-17)25-9-11-26(12-10-25)18(20)23-15-5-1-4-14-13(15)3-2-7-21-14/h1-8H,9-12H2,(H2,20,23). The Morgan fingerprint density at radius 3 is 2.65 bits per heavy atom. The first-order valence-electron chi connectivity index (χ1n) is 8.38. The molecule has 1 aliphatic heterocycles.